The lowest BCUT2D eigenvalue weighted by Gasteiger charge is -2.01. The Bertz CT molecular complexity index is 513. The molecule has 84 valence electrons. The zero-order valence-electron chi connectivity index (χ0n) is 8.43. The molecule has 0 radical (unpaired) electrons. The van der Waals surface area contributed by atoms with Gasteiger partial charge in [0.1, 0.15) is 5.69 Å². The van der Waals surface area contributed by atoms with Gasteiger partial charge in [-0.1, -0.05) is 16.8 Å². The van der Waals surface area contributed by atoms with Gasteiger partial charge in [0.2, 0.25) is 0 Å². The normalized spacial score (nSPS) is 12.8. The molecule has 0 aliphatic carbocycles. The second-order valence-electron chi connectivity index (χ2n) is 3.36. The molecule has 4 nitrogen and oxygen atoms in total. The lowest BCUT2D eigenvalue weighted by atomic mass is 10.3. The van der Waals surface area contributed by atoms with Crippen molar-refractivity contribution < 1.29 is 5.11 Å². The van der Waals surface area contributed by atoms with E-state index in [1.165, 1.54) is 0 Å². The molecule has 1 atom stereocenters. The molecule has 2 rings (SSSR count). The summed E-state index contributed by atoms with van der Waals surface area (Å²) in [7, 11) is 0. The van der Waals surface area contributed by atoms with E-state index in [0.29, 0.717) is 10.7 Å². The average molecular weight is 303 g/mol. The molecule has 0 spiro atoms. The van der Waals surface area contributed by atoms with E-state index in [2.05, 4.69) is 26.2 Å². The molecule has 0 saturated heterocycles. The third kappa shape index (κ3) is 2.26. The fourth-order valence-electron chi connectivity index (χ4n) is 1.22. The van der Waals surface area contributed by atoms with Crippen LogP contribution in [-0.2, 0) is 0 Å². The predicted octanol–water partition coefficient (Wildman–Crippen LogP) is 2.74. The molecule has 1 heterocycles. The van der Waals surface area contributed by atoms with E-state index >= 15 is 0 Å². The fraction of sp³-hybridized carbons (Fsp3) is 0.200. The van der Waals surface area contributed by atoms with Gasteiger partial charge in [0.05, 0.1) is 23.0 Å². The van der Waals surface area contributed by atoms with Crippen LogP contribution in [0.2, 0.25) is 5.02 Å². The van der Waals surface area contributed by atoms with Crippen molar-refractivity contribution in [3.05, 3.63) is 39.6 Å². The Morgan fingerprint density at radius 2 is 2.25 bits per heavy atom. The first-order valence-corrected chi connectivity index (χ1v) is 5.81. The van der Waals surface area contributed by atoms with E-state index < -0.39 is 6.10 Å². The molecule has 1 unspecified atom stereocenters. The lowest BCUT2D eigenvalue weighted by Crippen LogP contribution is -1.94. The molecule has 0 bridgehead atoms. The Balaban J connectivity index is 2.39. The number of nitrogens with zero attached hydrogens (tertiary/aromatic N) is 3. The molecule has 0 fully saturated rings. The maximum atomic E-state index is 9.33. The highest BCUT2D eigenvalue weighted by Gasteiger charge is 2.08. The molecule has 0 aliphatic rings. The van der Waals surface area contributed by atoms with Gasteiger partial charge in [-0.3, -0.25) is 0 Å². The number of aromatic nitrogens is 3. The van der Waals surface area contributed by atoms with Crippen molar-refractivity contribution >= 4 is 27.5 Å². The SMILES string of the molecule is CC(O)c1cn(-c2ccc(Br)c(Cl)c2)nn1. The molecule has 16 heavy (non-hydrogen) atoms. The number of aliphatic hydroxyl groups excluding tert-OH is 1. The summed E-state index contributed by atoms with van der Waals surface area (Å²) in [4.78, 5) is 0. The van der Waals surface area contributed by atoms with Crippen LogP contribution in [0, 0.1) is 0 Å². The van der Waals surface area contributed by atoms with Crippen molar-refractivity contribution in [1.29, 1.82) is 0 Å². The van der Waals surface area contributed by atoms with Gasteiger partial charge < -0.3 is 5.11 Å². The number of rotatable bonds is 2. The van der Waals surface area contributed by atoms with E-state index in [9.17, 15) is 5.11 Å². The van der Waals surface area contributed by atoms with Crippen LogP contribution in [0.3, 0.4) is 0 Å². The van der Waals surface area contributed by atoms with Crippen LogP contribution < -0.4 is 0 Å². The van der Waals surface area contributed by atoms with Gasteiger partial charge in [-0.05, 0) is 41.1 Å². The molecule has 6 heteroatoms. The van der Waals surface area contributed by atoms with Gasteiger partial charge in [-0.2, -0.15) is 0 Å². The predicted molar refractivity (Wildman–Crippen MR) is 64.7 cm³/mol. The molecule has 1 aromatic carbocycles. The Morgan fingerprint density at radius 1 is 1.50 bits per heavy atom. The van der Waals surface area contributed by atoms with E-state index in [-0.39, 0.29) is 0 Å². The van der Waals surface area contributed by atoms with Crippen LogP contribution in [0.4, 0.5) is 0 Å². The topological polar surface area (TPSA) is 50.9 Å². The van der Waals surface area contributed by atoms with Gasteiger partial charge in [0, 0.05) is 4.47 Å². The monoisotopic (exact) mass is 301 g/mol. The summed E-state index contributed by atoms with van der Waals surface area (Å²) in [5.74, 6) is 0. The van der Waals surface area contributed by atoms with Gasteiger partial charge in [0.15, 0.2) is 0 Å². The quantitative estimate of drug-likeness (QED) is 0.928. The van der Waals surface area contributed by atoms with E-state index in [4.69, 9.17) is 11.6 Å². The van der Waals surface area contributed by atoms with Crippen molar-refractivity contribution in [2.75, 3.05) is 0 Å². The number of halogens is 2. The Labute approximate surface area is 106 Å². The lowest BCUT2D eigenvalue weighted by molar-refractivity contribution is 0.194. The minimum atomic E-state index is -0.625. The van der Waals surface area contributed by atoms with Gasteiger partial charge >= 0.3 is 0 Å². The maximum Gasteiger partial charge on any atom is 0.111 e. The highest BCUT2D eigenvalue weighted by atomic mass is 79.9. The summed E-state index contributed by atoms with van der Waals surface area (Å²) in [6.07, 6.45) is 1.05. The minimum absolute atomic E-state index is 0.527. The van der Waals surface area contributed by atoms with Crippen LogP contribution in [0.15, 0.2) is 28.9 Å². The van der Waals surface area contributed by atoms with Crippen molar-refractivity contribution in [3.8, 4) is 5.69 Å². The molecule has 0 aliphatic heterocycles. The Hall–Kier alpha value is -0.910. The largest absolute Gasteiger partial charge is 0.387 e. The van der Waals surface area contributed by atoms with E-state index in [1.54, 1.807) is 23.9 Å². The molecular weight excluding hydrogens is 293 g/mol. The third-order valence-corrected chi connectivity index (χ3v) is 3.34. The Kier molecular flexibility index (Phi) is 3.28. The maximum absolute atomic E-state index is 9.33. The summed E-state index contributed by atoms with van der Waals surface area (Å²) in [6.45, 7) is 1.64. The van der Waals surface area contributed by atoms with Crippen LogP contribution in [0.5, 0.6) is 0 Å². The van der Waals surface area contributed by atoms with Crippen molar-refractivity contribution in [2.45, 2.75) is 13.0 Å². The number of hydrogen-bond acceptors (Lipinski definition) is 3. The smallest absolute Gasteiger partial charge is 0.111 e. The molecular formula is C10H9BrClN3O. The highest BCUT2D eigenvalue weighted by Crippen LogP contribution is 2.24. The molecule has 2 aromatic rings. The van der Waals surface area contributed by atoms with Crippen LogP contribution in [-0.4, -0.2) is 20.1 Å². The van der Waals surface area contributed by atoms with Crippen molar-refractivity contribution in [2.24, 2.45) is 0 Å². The third-order valence-electron chi connectivity index (χ3n) is 2.11. The zero-order valence-corrected chi connectivity index (χ0v) is 10.8. The zero-order chi connectivity index (χ0) is 11.7. The minimum Gasteiger partial charge on any atom is -0.387 e. The van der Waals surface area contributed by atoms with Crippen molar-refractivity contribution in [3.63, 3.8) is 0 Å². The summed E-state index contributed by atoms with van der Waals surface area (Å²) >= 11 is 9.29. The first kappa shape index (κ1) is 11.6. The molecule has 0 amide bonds. The van der Waals surface area contributed by atoms with E-state index in [0.717, 1.165) is 10.2 Å². The van der Waals surface area contributed by atoms with Gasteiger partial charge in [0.25, 0.3) is 0 Å². The fourth-order valence-corrected chi connectivity index (χ4v) is 1.64. The first-order valence-electron chi connectivity index (χ1n) is 4.63. The van der Waals surface area contributed by atoms with Crippen LogP contribution >= 0.6 is 27.5 Å². The first-order chi connectivity index (χ1) is 7.58. The Morgan fingerprint density at radius 3 is 2.81 bits per heavy atom. The second kappa shape index (κ2) is 4.53. The second-order valence-corrected chi connectivity index (χ2v) is 4.62. The summed E-state index contributed by atoms with van der Waals surface area (Å²) in [5, 5.41) is 17.7. The highest BCUT2D eigenvalue weighted by molar-refractivity contribution is 9.10. The average Bonchev–Trinajstić information content (AvgIpc) is 2.71. The standard InChI is InChI=1S/C10H9BrClN3O/c1-6(16)10-5-15(14-13-10)7-2-3-8(11)9(12)4-7/h2-6,16H,1H3. The molecule has 1 N–H and O–H groups in total. The van der Waals surface area contributed by atoms with Crippen molar-refractivity contribution in [1.82, 2.24) is 15.0 Å². The number of aliphatic hydroxyl groups is 1. The van der Waals surface area contributed by atoms with Crippen LogP contribution in [0.1, 0.15) is 18.7 Å². The molecule has 1 aromatic heterocycles. The summed E-state index contributed by atoms with van der Waals surface area (Å²) in [5.41, 5.74) is 1.33. The van der Waals surface area contributed by atoms with E-state index in [1.807, 2.05) is 12.1 Å². The van der Waals surface area contributed by atoms with Gasteiger partial charge in [-0.15, -0.1) is 5.10 Å². The summed E-state index contributed by atoms with van der Waals surface area (Å²) < 4.78 is 2.40. The van der Waals surface area contributed by atoms with Crippen LogP contribution in [0.25, 0.3) is 5.69 Å². The van der Waals surface area contributed by atoms with Gasteiger partial charge in [-0.25, -0.2) is 4.68 Å². The molecule has 0 saturated carbocycles. The number of hydrogen-bond donors (Lipinski definition) is 1. The number of benzene rings is 1. The summed E-state index contributed by atoms with van der Waals surface area (Å²) in [6, 6.07) is 5.46.